The van der Waals surface area contributed by atoms with Gasteiger partial charge in [-0.05, 0) is 31.9 Å². The molecule has 1 atom stereocenters. The first-order valence-corrected chi connectivity index (χ1v) is 8.16. The number of H-pyrrole nitrogens is 2. The molecule has 0 radical (unpaired) electrons. The highest BCUT2D eigenvalue weighted by molar-refractivity contribution is 7.99. The summed E-state index contributed by atoms with van der Waals surface area (Å²) < 4.78 is 0. The van der Waals surface area contributed by atoms with E-state index >= 15 is 0 Å². The molecule has 1 saturated carbocycles. The minimum atomic E-state index is -0.110. The lowest BCUT2D eigenvalue weighted by Crippen LogP contribution is -2.12. The number of fused-ring (bicyclic) bond motifs is 1. The summed E-state index contributed by atoms with van der Waals surface area (Å²) in [7, 11) is 0. The number of aromatic nitrogens is 5. The number of rotatable bonds is 4. The molecular formula is C15H15N5OS. The van der Waals surface area contributed by atoms with Crippen LogP contribution in [0, 0.1) is 0 Å². The van der Waals surface area contributed by atoms with E-state index in [0.29, 0.717) is 27.8 Å². The highest BCUT2D eigenvalue weighted by Gasteiger charge is 2.27. The van der Waals surface area contributed by atoms with Crippen LogP contribution in [0.4, 0.5) is 0 Å². The topological polar surface area (TPSA) is 87.3 Å². The number of nitrogens with one attached hydrogen (secondary N) is 2. The number of nitrogens with zero attached hydrogens (tertiary/aromatic N) is 3. The van der Waals surface area contributed by atoms with Crippen LogP contribution < -0.4 is 5.56 Å². The first kappa shape index (κ1) is 13.5. The van der Waals surface area contributed by atoms with Crippen LogP contribution in [0.5, 0.6) is 0 Å². The summed E-state index contributed by atoms with van der Waals surface area (Å²) in [6, 6.07) is 7.35. The van der Waals surface area contributed by atoms with Gasteiger partial charge < -0.3 is 4.98 Å². The van der Waals surface area contributed by atoms with Crippen molar-refractivity contribution in [3.63, 3.8) is 0 Å². The van der Waals surface area contributed by atoms with Crippen LogP contribution >= 0.6 is 11.8 Å². The van der Waals surface area contributed by atoms with Crippen LogP contribution in [0.3, 0.4) is 0 Å². The fourth-order valence-electron chi connectivity index (χ4n) is 2.36. The van der Waals surface area contributed by atoms with Crippen LogP contribution in [0.2, 0.25) is 0 Å². The summed E-state index contributed by atoms with van der Waals surface area (Å²) >= 11 is 1.49. The maximum atomic E-state index is 12.1. The molecule has 0 spiro atoms. The van der Waals surface area contributed by atoms with Gasteiger partial charge in [-0.1, -0.05) is 23.9 Å². The largest absolute Gasteiger partial charge is 0.309 e. The molecule has 0 amide bonds. The van der Waals surface area contributed by atoms with E-state index in [-0.39, 0.29) is 10.8 Å². The first-order chi connectivity index (χ1) is 10.7. The molecule has 2 aromatic heterocycles. The Morgan fingerprint density at radius 2 is 2.09 bits per heavy atom. The van der Waals surface area contributed by atoms with Crippen molar-refractivity contribution in [3.8, 4) is 0 Å². The zero-order valence-electron chi connectivity index (χ0n) is 12.0. The highest BCUT2D eigenvalue weighted by atomic mass is 32.2. The molecular weight excluding hydrogens is 298 g/mol. The van der Waals surface area contributed by atoms with Crippen LogP contribution in [0.25, 0.3) is 10.9 Å². The number of hydrogen-bond donors (Lipinski definition) is 2. The van der Waals surface area contributed by atoms with E-state index < -0.39 is 0 Å². The van der Waals surface area contributed by atoms with Crippen molar-refractivity contribution in [1.29, 1.82) is 0 Å². The maximum Gasteiger partial charge on any atom is 0.258 e. The van der Waals surface area contributed by atoms with Gasteiger partial charge in [-0.25, -0.2) is 9.97 Å². The summed E-state index contributed by atoms with van der Waals surface area (Å²) in [6.07, 6.45) is 2.38. The van der Waals surface area contributed by atoms with E-state index in [2.05, 4.69) is 25.1 Å². The SMILES string of the molecule is C[C@@H](Sc1n[nH]c(C2CC2)n1)c1nc2ccccc2c(=O)[nH]1. The minimum Gasteiger partial charge on any atom is -0.309 e. The van der Waals surface area contributed by atoms with Gasteiger partial charge in [0.2, 0.25) is 5.16 Å². The second kappa shape index (κ2) is 5.24. The van der Waals surface area contributed by atoms with Gasteiger partial charge >= 0.3 is 0 Å². The van der Waals surface area contributed by atoms with Gasteiger partial charge in [-0.2, -0.15) is 0 Å². The first-order valence-electron chi connectivity index (χ1n) is 7.28. The van der Waals surface area contributed by atoms with Gasteiger partial charge in [0.25, 0.3) is 5.56 Å². The van der Waals surface area contributed by atoms with Gasteiger partial charge in [0.15, 0.2) is 0 Å². The number of aromatic amines is 2. The predicted octanol–water partition coefficient (Wildman–Crippen LogP) is 2.77. The molecule has 0 unspecified atom stereocenters. The van der Waals surface area contributed by atoms with Gasteiger partial charge in [-0.3, -0.25) is 9.89 Å². The molecule has 0 bridgehead atoms. The summed E-state index contributed by atoms with van der Waals surface area (Å²) in [5, 5.41) is 8.51. The van der Waals surface area contributed by atoms with E-state index in [1.54, 1.807) is 6.07 Å². The van der Waals surface area contributed by atoms with Crippen molar-refractivity contribution in [2.45, 2.75) is 36.1 Å². The zero-order valence-corrected chi connectivity index (χ0v) is 12.9. The van der Waals surface area contributed by atoms with Gasteiger partial charge in [0.05, 0.1) is 16.2 Å². The Morgan fingerprint density at radius 1 is 1.27 bits per heavy atom. The lowest BCUT2D eigenvalue weighted by Gasteiger charge is -2.08. The van der Waals surface area contributed by atoms with E-state index in [1.807, 2.05) is 25.1 Å². The van der Waals surface area contributed by atoms with E-state index in [1.165, 1.54) is 24.6 Å². The van der Waals surface area contributed by atoms with Gasteiger partial charge in [-0.15, -0.1) is 5.10 Å². The van der Waals surface area contributed by atoms with Crippen LogP contribution in [0.15, 0.2) is 34.2 Å². The number of thioether (sulfide) groups is 1. The molecule has 1 aromatic carbocycles. The van der Waals surface area contributed by atoms with E-state index in [9.17, 15) is 4.79 Å². The Kier molecular flexibility index (Phi) is 3.22. The van der Waals surface area contributed by atoms with Crippen LogP contribution in [-0.2, 0) is 0 Å². The van der Waals surface area contributed by atoms with Crippen molar-refractivity contribution in [2.24, 2.45) is 0 Å². The lowest BCUT2D eigenvalue weighted by molar-refractivity contribution is 0.904. The molecule has 112 valence electrons. The molecule has 3 aromatic rings. The van der Waals surface area contributed by atoms with Crippen molar-refractivity contribution < 1.29 is 0 Å². The second-order valence-corrected chi connectivity index (χ2v) is 6.81. The Hall–Kier alpha value is -2.15. The Balaban J connectivity index is 1.61. The molecule has 1 fully saturated rings. The monoisotopic (exact) mass is 313 g/mol. The van der Waals surface area contributed by atoms with Crippen LogP contribution in [0.1, 0.15) is 42.6 Å². The molecule has 1 aliphatic carbocycles. The molecule has 2 N–H and O–H groups in total. The lowest BCUT2D eigenvalue weighted by atomic mass is 10.2. The molecule has 0 aliphatic heterocycles. The normalized spacial score (nSPS) is 16.0. The molecule has 22 heavy (non-hydrogen) atoms. The Labute approximate surface area is 130 Å². The fraction of sp³-hybridized carbons (Fsp3) is 0.333. The zero-order chi connectivity index (χ0) is 15.1. The molecule has 2 heterocycles. The average molecular weight is 313 g/mol. The van der Waals surface area contributed by atoms with E-state index in [0.717, 1.165) is 5.82 Å². The molecule has 6 nitrogen and oxygen atoms in total. The summed E-state index contributed by atoms with van der Waals surface area (Å²) in [5.74, 6) is 2.16. The van der Waals surface area contributed by atoms with Gasteiger partial charge in [0.1, 0.15) is 11.6 Å². The number of hydrogen-bond acceptors (Lipinski definition) is 5. The number of para-hydroxylation sites is 1. The van der Waals surface area contributed by atoms with Crippen LogP contribution in [-0.4, -0.2) is 25.1 Å². The average Bonchev–Trinajstić information content (AvgIpc) is 3.27. The molecule has 7 heteroatoms. The number of benzene rings is 1. The van der Waals surface area contributed by atoms with Crippen molar-refractivity contribution in [3.05, 3.63) is 46.3 Å². The third-order valence-electron chi connectivity index (χ3n) is 3.74. The summed E-state index contributed by atoms with van der Waals surface area (Å²) in [6.45, 7) is 1.99. The standard InChI is InChI=1S/C15H15N5OS/c1-8(22-15-18-13(19-20-15)9-6-7-9)12-16-11-5-3-2-4-10(11)14(21)17-12/h2-5,8-9H,6-7H2,1H3,(H,16,17,21)(H,18,19,20)/t8-/m1/s1. The third-order valence-corrected chi connectivity index (χ3v) is 4.71. The molecule has 1 aliphatic rings. The minimum absolute atomic E-state index is 0.0276. The smallest absolute Gasteiger partial charge is 0.258 e. The second-order valence-electron chi connectivity index (χ2n) is 5.51. The summed E-state index contributed by atoms with van der Waals surface area (Å²) in [4.78, 5) is 24.0. The van der Waals surface area contributed by atoms with Crippen molar-refractivity contribution >= 4 is 22.7 Å². The van der Waals surface area contributed by atoms with Crippen molar-refractivity contribution in [2.75, 3.05) is 0 Å². The summed E-state index contributed by atoms with van der Waals surface area (Å²) in [5.41, 5.74) is 0.601. The molecule has 4 rings (SSSR count). The maximum absolute atomic E-state index is 12.1. The van der Waals surface area contributed by atoms with Crippen molar-refractivity contribution in [1.82, 2.24) is 25.1 Å². The van der Waals surface area contributed by atoms with Gasteiger partial charge in [0, 0.05) is 5.92 Å². The quantitative estimate of drug-likeness (QED) is 0.723. The molecule has 0 saturated heterocycles. The Bertz CT molecular complexity index is 883. The highest BCUT2D eigenvalue weighted by Crippen LogP contribution is 2.39. The van der Waals surface area contributed by atoms with E-state index in [4.69, 9.17) is 0 Å². The Morgan fingerprint density at radius 3 is 2.91 bits per heavy atom. The third kappa shape index (κ3) is 2.52. The predicted molar refractivity (Wildman–Crippen MR) is 85.0 cm³/mol. The fourth-order valence-corrected chi connectivity index (χ4v) is 3.15.